The van der Waals surface area contributed by atoms with Gasteiger partial charge >= 0.3 is 5.69 Å². The third kappa shape index (κ3) is 3.01. The maximum atomic E-state index is 13.1. The highest BCUT2D eigenvalue weighted by atomic mass is 35.5. The molecule has 7 heteroatoms. The Morgan fingerprint density at radius 1 is 1.14 bits per heavy atom. The molecule has 1 aromatic heterocycles. The second kappa shape index (κ2) is 5.65. The van der Waals surface area contributed by atoms with Gasteiger partial charge < -0.3 is 15.3 Å². The van der Waals surface area contributed by atoms with Gasteiger partial charge in [-0.25, -0.2) is 9.18 Å². The topological polar surface area (TPSA) is 77.8 Å². The van der Waals surface area contributed by atoms with Crippen LogP contribution in [0.2, 0.25) is 5.02 Å². The number of imidazole rings is 1. The lowest BCUT2D eigenvalue weighted by Crippen LogP contribution is -2.14. The Bertz CT molecular complexity index is 917. The van der Waals surface area contributed by atoms with Gasteiger partial charge in [0, 0.05) is 5.69 Å². The second-order valence-electron chi connectivity index (χ2n) is 4.81. The second-order valence-corrected chi connectivity index (χ2v) is 5.22. The van der Waals surface area contributed by atoms with Gasteiger partial charge in [0.15, 0.2) is 0 Å². The minimum Gasteiger partial charge on any atom is -0.326 e. The summed E-state index contributed by atoms with van der Waals surface area (Å²) in [5.41, 5.74) is 2.19. The van der Waals surface area contributed by atoms with Crippen LogP contribution in [-0.4, -0.2) is 15.9 Å². The van der Waals surface area contributed by atoms with Gasteiger partial charge in [0.2, 0.25) is 5.91 Å². The van der Waals surface area contributed by atoms with Crippen molar-refractivity contribution in [3.63, 3.8) is 0 Å². The fraction of sp³-hybridized carbons (Fsp3) is 0.0667. The number of benzene rings is 2. The zero-order valence-corrected chi connectivity index (χ0v) is 12.0. The van der Waals surface area contributed by atoms with E-state index >= 15 is 0 Å². The molecule has 3 N–H and O–H groups in total. The maximum absolute atomic E-state index is 13.1. The summed E-state index contributed by atoms with van der Waals surface area (Å²) in [7, 11) is 0. The summed E-state index contributed by atoms with van der Waals surface area (Å²) >= 11 is 5.66. The lowest BCUT2D eigenvalue weighted by atomic mass is 10.1. The summed E-state index contributed by atoms with van der Waals surface area (Å²) in [5.74, 6) is -0.804. The van der Waals surface area contributed by atoms with Crippen LogP contribution in [0.25, 0.3) is 11.0 Å². The van der Waals surface area contributed by atoms with Crippen LogP contribution in [0, 0.1) is 5.82 Å². The average molecular weight is 320 g/mol. The third-order valence-corrected chi connectivity index (χ3v) is 3.44. The Hall–Kier alpha value is -2.60. The van der Waals surface area contributed by atoms with Crippen molar-refractivity contribution >= 4 is 34.2 Å². The number of H-pyrrole nitrogens is 2. The molecule has 0 saturated heterocycles. The van der Waals surface area contributed by atoms with Crippen molar-refractivity contribution in [2.75, 3.05) is 5.32 Å². The van der Waals surface area contributed by atoms with Gasteiger partial charge in [-0.3, -0.25) is 4.79 Å². The van der Waals surface area contributed by atoms with Crippen molar-refractivity contribution in [1.82, 2.24) is 9.97 Å². The van der Waals surface area contributed by atoms with E-state index in [1.807, 2.05) is 0 Å². The van der Waals surface area contributed by atoms with Gasteiger partial charge in [0.1, 0.15) is 5.82 Å². The van der Waals surface area contributed by atoms with Crippen LogP contribution in [0.5, 0.6) is 0 Å². The van der Waals surface area contributed by atoms with Crippen molar-refractivity contribution in [3.8, 4) is 0 Å². The van der Waals surface area contributed by atoms with Crippen LogP contribution in [0.4, 0.5) is 10.1 Å². The maximum Gasteiger partial charge on any atom is 0.323 e. The molecule has 0 fully saturated rings. The fourth-order valence-electron chi connectivity index (χ4n) is 2.15. The standard InChI is InChI=1S/C15H11ClFN3O2/c16-10-7-9(2-3-11(10)17)18-14(21)6-8-1-4-12-13(5-8)20-15(22)19-12/h1-5,7H,6H2,(H,18,21)(H2,19,20,22). The molecule has 1 heterocycles. The Kier molecular flexibility index (Phi) is 3.68. The number of halogens is 2. The number of hydrogen-bond acceptors (Lipinski definition) is 2. The van der Waals surface area contributed by atoms with Crippen LogP contribution >= 0.6 is 11.6 Å². The Morgan fingerprint density at radius 2 is 1.91 bits per heavy atom. The van der Waals surface area contributed by atoms with E-state index in [2.05, 4.69) is 15.3 Å². The molecule has 0 unspecified atom stereocenters. The highest BCUT2D eigenvalue weighted by Gasteiger charge is 2.08. The van der Waals surface area contributed by atoms with Gasteiger partial charge in [-0.2, -0.15) is 0 Å². The smallest absolute Gasteiger partial charge is 0.323 e. The van der Waals surface area contributed by atoms with Crippen molar-refractivity contribution in [2.45, 2.75) is 6.42 Å². The summed E-state index contributed by atoms with van der Waals surface area (Å²) in [6, 6.07) is 9.18. The summed E-state index contributed by atoms with van der Waals surface area (Å²) in [6.07, 6.45) is 0.123. The summed E-state index contributed by atoms with van der Waals surface area (Å²) in [5, 5.41) is 2.59. The number of carbonyl (C=O) groups is 1. The number of nitrogens with one attached hydrogen (secondary N) is 3. The van der Waals surface area contributed by atoms with Gasteiger partial charge in [-0.05, 0) is 35.9 Å². The fourth-order valence-corrected chi connectivity index (χ4v) is 2.33. The molecule has 0 saturated carbocycles. The molecule has 5 nitrogen and oxygen atoms in total. The van der Waals surface area contributed by atoms with Gasteiger partial charge in [0.25, 0.3) is 0 Å². The van der Waals surface area contributed by atoms with E-state index < -0.39 is 5.82 Å². The summed E-state index contributed by atoms with van der Waals surface area (Å²) in [6.45, 7) is 0. The molecule has 0 aliphatic carbocycles. The lowest BCUT2D eigenvalue weighted by Gasteiger charge is -2.06. The Balaban J connectivity index is 1.74. The van der Waals surface area contributed by atoms with E-state index in [-0.39, 0.29) is 23.0 Å². The number of anilines is 1. The first-order valence-corrected chi connectivity index (χ1v) is 6.85. The van der Waals surface area contributed by atoms with Gasteiger partial charge in [-0.15, -0.1) is 0 Å². The first kappa shape index (κ1) is 14.3. The molecule has 3 aromatic rings. The molecule has 0 spiro atoms. The molecule has 0 radical (unpaired) electrons. The number of fused-ring (bicyclic) bond motifs is 1. The predicted molar refractivity (Wildman–Crippen MR) is 82.7 cm³/mol. The van der Waals surface area contributed by atoms with Crippen LogP contribution < -0.4 is 11.0 Å². The highest BCUT2D eigenvalue weighted by Crippen LogP contribution is 2.19. The number of aromatic amines is 2. The van der Waals surface area contributed by atoms with Crippen LogP contribution in [-0.2, 0) is 11.2 Å². The monoisotopic (exact) mass is 319 g/mol. The summed E-state index contributed by atoms with van der Waals surface area (Å²) in [4.78, 5) is 28.4. The molecule has 112 valence electrons. The van der Waals surface area contributed by atoms with Gasteiger partial charge in [-0.1, -0.05) is 17.7 Å². The largest absolute Gasteiger partial charge is 0.326 e. The zero-order valence-electron chi connectivity index (χ0n) is 11.2. The van der Waals surface area contributed by atoms with E-state index in [1.54, 1.807) is 18.2 Å². The Labute approximate surface area is 129 Å². The minimum absolute atomic E-state index is 0.0517. The number of amides is 1. The molecule has 22 heavy (non-hydrogen) atoms. The van der Waals surface area contributed by atoms with E-state index in [4.69, 9.17) is 11.6 Å². The number of carbonyl (C=O) groups excluding carboxylic acids is 1. The van der Waals surface area contributed by atoms with E-state index in [1.165, 1.54) is 18.2 Å². The first-order chi connectivity index (χ1) is 10.5. The van der Waals surface area contributed by atoms with Crippen LogP contribution in [0.15, 0.2) is 41.2 Å². The predicted octanol–water partition coefficient (Wildman–Crippen LogP) is 2.83. The molecule has 0 aliphatic rings. The number of aromatic nitrogens is 2. The molecule has 0 atom stereocenters. The molecular formula is C15H11ClFN3O2. The van der Waals surface area contributed by atoms with Crippen molar-refractivity contribution in [3.05, 3.63) is 63.3 Å². The quantitative estimate of drug-likeness (QED) is 0.694. The minimum atomic E-state index is -0.540. The van der Waals surface area contributed by atoms with Crippen LogP contribution in [0.3, 0.4) is 0 Å². The van der Waals surface area contributed by atoms with E-state index in [0.29, 0.717) is 16.7 Å². The lowest BCUT2D eigenvalue weighted by molar-refractivity contribution is -0.115. The number of rotatable bonds is 3. The number of hydrogen-bond donors (Lipinski definition) is 3. The average Bonchev–Trinajstić information content (AvgIpc) is 2.82. The molecule has 2 aromatic carbocycles. The van der Waals surface area contributed by atoms with Crippen molar-refractivity contribution in [1.29, 1.82) is 0 Å². The van der Waals surface area contributed by atoms with E-state index in [0.717, 1.165) is 5.56 Å². The SMILES string of the molecule is O=C(Cc1ccc2[nH]c(=O)[nH]c2c1)Nc1ccc(F)c(Cl)c1. The zero-order chi connectivity index (χ0) is 15.7. The highest BCUT2D eigenvalue weighted by molar-refractivity contribution is 6.31. The Morgan fingerprint density at radius 3 is 2.68 bits per heavy atom. The van der Waals surface area contributed by atoms with Crippen LogP contribution in [0.1, 0.15) is 5.56 Å². The van der Waals surface area contributed by atoms with Crippen molar-refractivity contribution < 1.29 is 9.18 Å². The normalized spacial score (nSPS) is 10.8. The summed E-state index contributed by atoms with van der Waals surface area (Å²) < 4.78 is 13.1. The van der Waals surface area contributed by atoms with Crippen molar-refractivity contribution in [2.24, 2.45) is 0 Å². The van der Waals surface area contributed by atoms with Gasteiger partial charge in [0.05, 0.1) is 22.5 Å². The third-order valence-electron chi connectivity index (χ3n) is 3.15. The molecule has 0 aliphatic heterocycles. The molecule has 1 amide bonds. The van der Waals surface area contributed by atoms with E-state index in [9.17, 15) is 14.0 Å². The molecule has 0 bridgehead atoms. The molecular weight excluding hydrogens is 309 g/mol. The molecule has 3 rings (SSSR count). The first-order valence-electron chi connectivity index (χ1n) is 6.47.